The highest BCUT2D eigenvalue weighted by molar-refractivity contribution is 5.62. The molecule has 170 valence electrons. The number of nitrogens with zero attached hydrogens (tertiary/aromatic N) is 4. The summed E-state index contributed by atoms with van der Waals surface area (Å²) in [6.45, 7) is 7.31. The van der Waals surface area contributed by atoms with Gasteiger partial charge in [-0.15, -0.1) is 0 Å². The van der Waals surface area contributed by atoms with Gasteiger partial charge in [-0.1, -0.05) is 63.2 Å². The average Bonchev–Trinajstić information content (AvgIpc) is 3.28. The summed E-state index contributed by atoms with van der Waals surface area (Å²) in [5.41, 5.74) is 5.51. The second-order valence-electron chi connectivity index (χ2n) is 9.55. The maximum Gasteiger partial charge on any atom is 0.234 e. The normalized spacial score (nSPS) is 12.6. The van der Waals surface area contributed by atoms with E-state index >= 15 is 0 Å². The van der Waals surface area contributed by atoms with Crippen LogP contribution in [0.4, 0.5) is 0 Å². The van der Waals surface area contributed by atoms with E-state index in [1.54, 1.807) is 12.4 Å². The van der Waals surface area contributed by atoms with Crippen LogP contribution in [0.1, 0.15) is 43.5 Å². The van der Waals surface area contributed by atoms with Crippen LogP contribution in [-0.4, -0.2) is 19.4 Å². The van der Waals surface area contributed by atoms with Gasteiger partial charge < -0.3 is 4.74 Å². The van der Waals surface area contributed by atoms with Gasteiger partial charge in [0.1, 0.15) is 12.4 Å². The highest BCUT2D eigenvalue weighted by atomic mass is 16.5. The Morgan fingerprint density at radius 1 is 0.824 bits per heavy atom. The fourth-order valence-electron chi connectivity index (χ4n) is 4.41. The maximum atomic E-state index is 5.93. The molecule has 5 nitrogen and oxygen atoms in total. The molecular weight excluding hydrogens is 420 g/mol. The van der Waals surface area contributed by atoms with Crippen LogP contribution in [-0.2, 0) is 6.61 Å². The van der Waals surface area contributed by atoms with E-state index in [-0.39, 0.29) is 11.3 Å². The van der Waals surface area contributed by atoms with Gasteiger partial charge in [-0.2, -0.15) is 0 Å². The Morgan fingerprint density at radius 2 is 1.53 bits per heavy atom. The number of ether oxygens (including phenoxy) is 1. The van der Waals surface area contributed by atoms with Crippen LogP contribution in [0.3, 0.4) is 0 Å². The van der Waals surface area contributed by atoms with Crippen molar-refractivity contribution >= 4 is 5.78 Å². The molecular formula is C29H28N4O. The minimum absolute atomic E-state index is 0.0465. The highest BCUT2D eigenvalue weighted by Crippen LogP contribution is 2.41. The summed E-state index contributed by atoms with van der Waals surface area (Å²) >= 11 is 0. The van der Waals surface area contributed by atoms with Crippen LogP contribution in [0.2, 0.25) is 0 Å². The lowest BCUT2D eigenvalue weighted by Crippen LogP contribution is -2.19. The van der Waals surface area contributed by atoms with E-state index in [2.05, 4.69) is 84.3 Å². The van der Waals surface area contributed by atoms with Gasteiger partial charge >= 0.3 is 0 Å². The lowest BCUT2D eigenvalue weighted by Gasteiger charge is -2.32. The van der Waals surface area contributed by atoms with Crippen molar-refractivity contribution in [3.8, 4) is 17.0 Å². The number of hydrogen-bond donors (Lipinski definition) is 0. The van der Waals surface area contributed by atoms with Crippen LogP contribution >= 0.6 is 0 Å². The van der Waals surface area contributed by atoms with E-state index in [1.165, 1.54) is 11.1 Å². The summed E-state index contributed by atoms with van der Waals surface area (Å²) in [5.74, 6) is 1.80. The third-order valence-electron chi connectivity index (χ3n) is 5.97. The van der Waals surface area contributed by atoms with Crippen molar-refractivity contribution < 1.29 is 4.74 Å². The van der Waals surface area contributed by atoms with Gasteiger partial charge in [0.2, 0.25) is 5.78 Å². The molecule has 0 saturated carbocycles. The average molecular weight is 449 g/mol. The van der Waals surface area contributed by atoms with Crippen molar-refractivity contribution in [3.63, 3.8) is 0 Å². The van der Waals surface area contributed by atoms with Gasteiger partial charge in [0.25, 0.3) is 0 Å². The summed E-state index contributed by atoms with van der Waals surface area (Å²) in [7, 11) is 0. The molecule has 1 unspecified atom stereocenters. The molecule has 0 amide bonds. The van der Waals surface area contributed by atoms with Gasteiger partial charge in [0.15, 0.2) is 0 Å². The molecule has 5 aromatic rings. The topological polar surface area (TPSA) is 52.3 Å². The van der Waals surface area contributed by atoms with Gasteiger partial charge in [-0.05, 0) is 46.9 Å². The van der Waals surface area contributed by atoms with E-state index in [1.807, 2.05) is 41.1 Å². The quantitative estimate of drug-likeness (QED) is 0.296. The fourth-order valence-corrected chi connectivity index (χ4v) is 4.41. The van der Waals surface area contributed by atoms with E-state index in [0.29, 0.717) is 12.4 Å². The van der Waals surface area contributed by atoms with Crippen LogP contribution in [0.25, 0.3) is 17.0 Å². The molecule has 5 heteroatoms. The number of fused-ring (bicyclic) bond motifs is 1. The van der Waals surface area contributed by atoms with Crippen LogP contribution in [0, 0.1) is 5.41 Å². The number of pyridine rings is 1. The highest BCUT2D eigenvalue weighted by Gasteiger charge is 2.28. The largest absolute Gasteiger partial charge is 0.487 e. The minimum atomic E-state index is 0.0465. The molecule has 5 rings (SSSR count). The third kappa shape index (κ3) is 4.69. The van der Waals surface area contributed by atoms with Crippen molar-refractivity contribution in [1.82, 2.24) is 19.4 Å². The fraction of sp³-hybridized carbons (Fsp3) is 0.207. The van der Waals surface area contributed by atoms with Crippen LogP contribution in [0.5, 0.6) is 5.75 Å². The van der Waals surface area contributed by atoms with Crippen molar-refractivity contribution in [2.75, 3.05) is 0 Å². The lowest BCUT2D eigenvalue weighted by molar-refractivity contribution is 0.301. The summed E-state index contributed by atoms with van der Waals surface area (Å²) < 4.78 is 7.87. The van der Waals surface area contributed by atoms with Crippen molar-refractivity contribution in [3.05, 3.63) is 114 Å². The van der Waals surface area contributed by atoms with Crippen molar-refractivity contribution in [2.24, 2.45) is 5.41 Å². The Bertz CT molecular complexity index is 1340. The number of rotatable bonds is 6. The summed E-state index contributed by atoms with van der Waals surface area (Å²) in [5, 5.41) is 0. The number of imidazole rings is 1. The molecule has 0 aliphatic heterocycles. The second kappa shape index (κ2) is 9.10. The number of aromatic nitrogens is 4. The predicted molar refractivity (Wildman–Crippen MR) is 135 cm³/mol. The minimum Gasteiger partial charge on any atom is -0.487 e. The van der Waals surface area contributed by atoms with Gasteiger partial charge in [0.05, 0.1) is 11.4 Å². The zero-order chi connectivity index (χ0) is 23.5. The molecule has 0 bridgehead atoms. The summed E-state index contributed by atoms with van der Waals surface area (Å²) in [6.07, 6.45) is 7.53. The number of benzene rings is 2. The summed E-state index contributed by atoms with van der Waals surface area (Å²) in [4.78, 5) is 13.3. The molecule has 0 fully saturated rings. The standard InChI is InChI=1S/C29H28N4O/c1-29(2,3)27(23-12-14-25(15-13-23)34-20-24-7-4-5-16-30-24)22-10-8-21(9-11-22)26-19-33-18-6-17-31-28(33)32-26/h4-19,27H,20H2,1-3H3. The van der Waals surface area contributed by atoms with Crippen LogP contribution < -0.4 is 4.74 Å². The SMILES string of the molecule is CC(C)(C)C(c1ccc(OCc2ccccn2)cc1)c1ccc(-c2cn3cccnc3n2)cc1. The number of hydrogen-bond acceptors (Lipinski definition) is 4. The molecule has 3 aromatic heterocycles. The van der Waals surface area contributed by atoms with Crippen LogP contribution in [0.15, 0.2) is 97.6 Å². The maximum absolute atomic E-state index is 5.93. The molecule has 1 atom stereocenters. The zero-order valence-electron chi connectivity index (χ0n) is 19.7. The molecule has 2 aromatic carbocycles. The zero-order valence-corrected chi connectivity index (χ0v) is 19.7. The van der Waals surface area contributed by atoms with Crippen molar-refractivity contribution in [1.29, 1.82) is 0 Å². The predicted octanol–water partition coefficient (Wildman–Crippen LogP) is 6.55. The molecule has 0 N–H and O–H groups in total. The van der Waals surface area contributed by atoms with E-state index in [0.717, 1.165) is 22.7 Å². The Hall–Kier alpha value is -3.99. The summed E-state index contributed by atoms with van der Waals surface area (Å²) in [6, 6.07) is 24.9. The first-order valence-corrected chi connectivity index (χ1v) is 11.5. The van der Waals surface area contributed by atoms with Crippen molar-refractivity contribution in [2.45, 2.75) is 33.3 Å². The monoisotopic (exact) mass is 448 g/mol. The van der Waals surface area contributed by atoms with E-state index in [9.17, 15) is 0 Å². The van der Waals surface area contributed by atoms with E-state index < -0.39 is 0 Å². The van der Waals surface area contributed by atoms with Gasteiger partial charge in [-0.3, -0.25) is 9.38 Å². The Labute approximate surface area is 200 Å². The molecule has 0 aliphatic rings. The first-order valence-electron chi connectivity index (χ1n) is 11.5. The molecule has 0 radical (unpaired) electrons. The third-order valence-corrected chi connectivity index (χ3v) is 5.97. The molecule has 0 aliphatic carbocycles. The molecule has 0 saturated heterocycles. The Balaban J connectivity index is 1.37. The first kappa shape index (κ1) is 21.8. The Morgan fingerprint density at radius 3 is 2.18 bits per heavy atom. The second-order valence-corrected chi connectivity index (χ2v) is 9.55. The van der Waals surface area contributed by atoms with Gasteiger partial charge in [0, 0.05) is 36.3 Å². The molecule has 0 spiro atoms. The smallest absolute Gasteiger partial charge is 0.234 e. The van der Waals surface area contributed by atoms with E-state index in [4.69, 9.17) is 4.74 Å². The molecule has 34 heavy (non-hydrogen) atoms. The Kier molecular flexibility index (Phi) is 5.84. The molecule has 3 heterocycles. The first-order chi connectivity index (χ1) is 16.5. The van der Waals surface area contributed by atoms with Gasteiger partial charge in [-0.25, -0.2) is 9.97 Å². The lowest BCUT2D eigenvalue weighted by atomic mass is 9.72.